The summed E-state index contributed by atoms with van der Waals surface area (Å²) in [6, 6.07) is 10.1. The van der Waals surface area contributed by atoms with Gasteiger partial charge in [0, 0.05) is 6.20 Å². The normalized spacial score (nSPS) is 17.4. The molecule has 1 aliphatic heterocycles. The number of hydrogen-bond donors (Lipinski definition) is 1. The Morgan fingerprint density at radius 2 is 1.97 bits per heavy atom. The van der Waals surface area contributed by atoms with Crippen LogP contribution in [0.25, 0.3) is 10.9 Å². The topological polar surface area (TPSA) is 95.9 Å². The van der Waals surface area contributed by atoms with E-state index in [4.69, 9.17) is 14.2 Å². The van der Waals surface area contributed by atoms with Crippen LogP contribution in [-0.4, -0.2) is 29.8 Å². The van der Waals surface area contributed by atoms with E-state index in [1.165, 1.54) is 6.20 Å². The molecule has 182 valence electrons. The molecule has 9 heteroatoms. The molecule has 1 aliphatic carbocycles. The van der Waals surface area contributed by atoms with Crippen LogP contribution in [0.4, 0.5) is 9.18 Å². The first-order valence-corrected chi connectivity index (χ1v) is 11.5. The predicted octanol–water partition coefficient (Wildman–Crippen LogP) is 4.19. The van der Waals surface area contributed by atoms with Gasteiger partial charge in [-0.2, -0.15) is 0 Å². The number of halogens is 1. The minimum Gasteiger partial charge on any atom is -0.489 e. The number of aromatic nitrogens is 1. The molecule has 2 heterocycles. The van der Waals surface area contributed by atoms with Gasteiger partial charge in [-0.05, 0) is 38.3 Å². The predicted molar refractivity (Wildman–Crippen MR) is 125 cm³/mol. The number of amides is 1. The number of nitrogens with one attached hydrogen (secondary N) is 1. The van der Waals surface area contributed by atoms with Crippen LogP contribution in [0.2, 0.25) is 0 Å². The SMILES string of the molecule is CCOC(=O)c1cn2c3c(c(C4(NC(=O)OCc5ccccc5)CC4)c(F)cc3c1=O)OC[C@H]2C. The Bertz CT molecular complexity index is 1380. The fourth-order valence-electron chi connectivity index (χ4n) is 4.54. The zero-order chi connectivity index (χ0) is 24.7. The number of carbonyl (C=O) groups excluding carboxylic acids is 2. The third kappa shape index (κ3) is 4.00. The second kappa shape index (κ2) is 8.72. The highest BCUT2D eigenvalue weighted by molar-refractivity contribution is 5.96. The number of carbonyl (C=O) groups is 2. The zero-order valence-electron chi connectivity index (χ0n) is 19.4. The standard InChI is InChI=1S/C26H25FN2O6/c1-3-33-24(31)18-12-29-15(2)13-34-23-20(19(27)11-17(21(23)29)22(18)30)26(9-10-26)28-25(32)35-14-16-7-5-4-6-8-16/h4-8,11-12,15H,3,9-10,13-14H2,1-2H3,(H,28,32)/t15-/m1/s1. The first-order chi connectivity index (χ1) is 16.8. The van der Waals surface area contributed by atoms with Crippen molar-refractivity contribution in [3.05, 3.63) is 75.3 Å². The summed E-state index contributed by atoms with van der Waals surface area (Å²) < 4.78 is 33.6. The molecule has 0 bridgehead atoms. The van der Waals surface area contributed by atoms with Gasteiger partial charge in [0.2, 0.25) is 5.43 Å². The summed E-state index contributed by atoms with van der Waals surface area (Å²) in [4.78, 5) is 38.1. The van der Waals surface area contributed by atoms with Crippen molar-refractivity contribution >= 4 is 23.0 Å². The van der Waals surface area contributed by atoms with Crippen molar-refractivity contribution in [3.8, 4) is 5.75 Å². The van der Waals surface area contributed by atoms with Crippen LogP contribution in [0, 0.1) is 5.82 Å². The van der Waals surface area contributed by atoms with Gasteiger partial charge in [0.15, 0.2) is 5.75 Å². The molecule has 1 saturated carbocycles. The molecule has 0 unspecified atom stereocenters. The second-order valence-electron chi connectivity index (χ2n) is 8.89. The van der Waals surface area contributed by atoms with E-state index < -0.39 is 28.8 Å². The quantitative estimate of drug-likeness (QED) is 0.532. The van der Waals surface area contributed by atoms with Crippen LogP contribution in [-0.2, 0) is 21.6 Å². The highest BCUT2D eigenvalue weighted by atomic mass is 19.1. The number of pyridine rings is 1. The Kier molecular flexibility index (Phi) is 5.70. The first kappa shape index (κ1) is 22.9. The van der Waals surface area contributed by atoms with E-state index in [9.17, 15) is 14.4 Å². The van der Waals surface area contributed by atoms with Gasteiger partial charge in [-0.25, -0.2) is 14.0 Å². The largest absolute Gasteiger partial charge is 0.489 e. The van der Waals surface area contributed by atoms with Gasteiger partial charge in [0.05, 0.1) is 34.7 Å². The summed E-state index contributed by atoms with van der Waals surface area (Å²) >= 11 is 0. The van der Waals surface area contributed by atoms with Gasteiger partial charge in [0.25, 0.3) is 0 Å². The summed E-state index contributed by atoms with van der Waals surface area (Å²) in [6.45, 7) is 3.92. The van der Waals surface area contributed by atoms with Crippen LogP contribution < -0.4 is 15.5 Å². The smallest absolute Gasteiger partial charge is 0.408 e. The minimum absolute atomic E-state index is 0.0285. The van der Waals surface area contributed by atoms with E-state index in [1.54, 1.807) is 11.5 Å². The fourth-order valence-corrected chi connectivity index (χ4v) is 4.54. The van der Waals surface area contributed by atoms with E-state index in [0.29, 0.717) is 18.4 Å². The monoisotopic (exact) mass is 480 g/mol. The summed E-state index contributed by atoms with van der Waals surface area (Å²) in [5.41, 5.74) is -0.371. The Morgan fingerprint density at radius 3 is 2.66 bits per heavy atom. The number of alkyl carbamates (subject to hydrolysis) is 1. The van der Waals surface area contributed by atoms with Crippen molar-refractivity contribution in [1.82, 2.24) is 9.88 Å². The number of hydrogen-bond acceptors (Lipinski definition) is 6. The number of rotatable bonds is 6. The highest BCUT2D eigenvalue weighted by Crippen LogP contribution is 2.52. The molecule has 5 rings (SSSR count). The molecule has 0 saturated heterocycles. The third-order valence-electron chi connectivity index (χ3n) is 6.44. The van der Waals surface area contributed by atoms with Crippen molar-refractivity contribution in [1.29, 1.82) is 0 Å². The van der Waals surface area contributed by atoms with Crippen LogP contribution >= 0.6 is 0 Å². The van der Waals surface area contributed by atoms with Crippen molar-refractivity contribution in [2.24, 2.45) is 0 Å². The molecule has 2 aliphatic rings. The molecule has 1 atom stereocenters. The maximum atomic E-state index is 15.6. The average molecular weight is 480 g/mol. The lowest BCUT2D eigenvalue weighted by Gasteiger charge is -2.31. The third-order valence-corrected chi connectivity index (χ3v) is 6.44. The molecule has 1 aromatic heterocycles. The van der Waals surface area contributed by atoms with E-state index >= 15 is 4.39 Å². The lowest BCUT2D eigenvalue weighted by atomic mass is 9.97. The van der Waals surface area contributed by atoms with E-state index in [2.05, 4.69) is 5.32 Å². The molecule has 1 N–H and O–H groups in total. The molecule has 8 nitrogen and oxygen atoms in total. The van der Waals surface area contributed by atoms with Gasteiger partial charge < -0.3 is 24.1 Å². The molecule has 3 aromatic rings. The average Bonchev–Trinajstić information content (AvgIpc) is 3.61. The Balaban J connectivity index is 1.54. The molecule has 0 radical (unpaired) electrons. The lowest BCUT2D eigenvalue weighted by Crippen LogP contribution is -2.37. The van der Waals surface area contributed by atoms with Crippen molar-refractivity contribution in [3.63, 3.8) is 0 Å². The second-order valence-corrected chi connectivity index (χ2v) is 8.89. The summed E-state index contributed by atoms with van der Waals surface area (Å²) in [5, 5.41) is 2.84. The first-order valence-electron chi connectivity index (χ1n) is 11.5. The Labute approximate surface area is 200 Å². The number of ether oxygens (including phenoxy) is 3. The zero-order valence-corrected chi connectivity index (χ0v) is 19.4. The summed E-state index contributed by atoms with van der Waals surface area (Å²) in [7, 11) is 0. The van der Waals surface area contributed by atoms with Gasteiger partial charge in [-0.3, -0.25) is 4.79 Å². The van der Waals surface area contributed by atoms with Gasteiger partial charge in [0.1, 0.15) is 24.6 Å². The number of nitrogens with zero attached hydrogens (tertiary/aromatic N) is 1. The summed E-state index contributed by atoms with van der Waals surface area (Å²) in [6.07, 6.45) is 1.76. The number of benzene rings is 2. The fraction of sp³-hybridized carbons (Fsp3) is 0.346. The highest BCUT2D eigenvalue weighted by Gasteiger charge is 2.51. The summed E-state index contributed by atoms with van der Waals surface area (Å²) in [5.74, 6) is -1.24. The lowest BCUT2D eigenvalue weighted by molar-refractivity contribution is 0.0523. The molecule has 2 aromatic carbocycles. The molecule has 35 heavy (non-hydrogen) atoms. The van der Waals surface area contributed by atoms with Crippen molar-refractivity contribution in [2.45, 2.75) is 44.9 Å². The van der Waals surface area contributed by atoms with E-state index in [0.717, 1.165) is 11.6 Å². The molecular formula is C26H25FN2O6. The van der Waals surface area contributed by atoms with Gasteiger partial charge >= 0.3 is 12.1 Å². The number of esters is 1. The van der Waals surface area contributed by atoms with Crippen LogP contribution in [0.1, 0.15) is 54.2 Å². The molecular weight excluding hydrogens is 455 g/mol. The van der Waals surface area contributed by atoms with Crippen LogP contribution in [0.5, 0.6) is 5.75 Å². The van der Waals surface area contributed by atoms with Gasteiger partial charge in [-0.15, -0.1) is 0 Å². The minimum atomic E-state index is -0.997. The van der Waals surface area contributed by atoms with Crippen LogP contribution in [0.3, 0.4) is 0 Å². The molecule has 0 spiro atoms. The Hall–Kier alpha value is -3.88. The van der Waals surface area contributed by atoms with Crippen molar-refractivity contribution < 1.29 is 28.2 Å². The van der Waals surface area contributed by atoms with E-state index in [-0.39, 0.29) is 48.1 Å². The maximum Gasteiger partial charge on any atom is 0.408 e. The van der Waals surface area contributed by atoms with Crippen LogP contribution in [0.15, 0.2) is 47.4 Å². The molecule has 1 amide bonds. The van der Waals surface area contributed by atoms with E-state index in [1.807, 2.05) is 37.3 Å². The Morgan fingerprint density at radius 1 is 1.23 bits per heavy atom. The van der Waals surface area contributed by atoms with Crippen molar-refractivity contribution in [2.75, 3.05) is 13.2 Å². The van der Waals surface area contributed by atoms with Gasteiger partial charge in [-0.1, -0.05) is 30.3 Å². The molecule has 1 fully saturated rings. The maximum absolute atomic E-state index is 15.6.